The summed E-state index contributed by atoms with van der Waals surface area (Å²) in [7, 11) is 0. The van der Waals surface area contributed by atoms with Gasteiger partial charge in [-0.15, -0.1) is 0 Å². The van der Waals surface area contributed by atoms with Crippen LogP contribution in [0.5, 0.6) is 0 Å². The summed E-state index contributed by atoms with van der Waals surface area (Å²) >= 11 is 0. The SMILES string of the molecule is c1ccc(-c2ccc(N(c3ccc(-c4cccc5c4oc4ccccc45)cc3)c3ccc(C4(c5ccccc5)c5ccccc5-c5ccccc54)c4oc5ccccc5c34)cc2)cc1. The van der Waals surface area contributed by atoms with Crippen LogP contribution in [0.1, 0.15) is 22.3 Å². The Morgan fingerprint density at radius 3 is 1.50 bits per heavy atom. The lowest BCUT2D eigenvalue weighted by atomic mass is 9.67. The van der Waals surface area contributed by atoms with Crippen LogP contribution >= 0.6 is 0 Å². The predicted molar refractivity (Wildman–Crippen MR) is 264 cm³/mol. The quantitative estimate of drug-likeness (QED) is 0.160. The third-order valence-electron chi connectivity index (χ3n) is 13.4. The average molecular weight is 818 g/mol. The summed E-state index contributed by atoms with van der Waals surface area (Å²) in [5, 5.41) is 4.37. The molecular formula is C61H39NO2. The molecule has 12 aromatic rings. The lowest BCUT2D eigenvalue weighted by Crippen LogP contribution is -2.29. The number of nitrogens with zero attached hydrogens (tertiary/aromatic N) is 1. The Bertz CT molecular complexity index is 3670. The smallest absolute Gasteiger partial charge is 0.143 e. The van der Waals surface area contributed by atoms with Crippen LogP contribution in [0.25, 0.3) is 77.3 Å². The number of anilines is 3. The van der Waals surface area contributed by atoms with Gasteiger partial charge in [0.1, 0.15) is 22.3 Å². The highest BCUT2D eigenvalue weighted by atomic mass is 16.3. The molecule has 0 fully saturated rings. The molecule has 300 valence electrons. The summed E-state index contributed by atoms with van der Waals surface area (Å²) < 4.78 is 13.7. The van der Waals surface area contributed by atoms with Crippen molar-refractivity contribution in [2.45, 2.75) is 5.41 Å². The highest BCUT2D eigenvalue weighted by molar-refractivity contribution is 6.15. The highest BCUT2D eigenvalue weighted by Gasteiger charge is 2.48. The van der Waals surface area contributed by atoms with Gasteiger partial charge in [-0.05, 0) is 87.0 Å². The summed E-state index contributed by atoms with van der Waals surface area (Å²) in [6.45, 7) is 0. The maximum absolute atomic E-state index is 7.22. The highest BCUT2D eigenvalue weighted by Crippen LogP contribution is 2.59. The Morgan fingerprint density at radius 2 is 0.812 bits per heavy atom. The first-order valence-electron chi connectivity index (χ1n) is 21.9. The molecule has 1 aliphatic rings. The largest absolute Gasteiger partial charge is 0.456 e. The van der Waals surface area contributed by atoms with Crippen molar-refractivity contribution in [3.63, 3.8) is 0 Å². The van der Waals surface area contributed by atoms with Gasteiger partial charge < -0.3 is 13.7 Å². The van der Waals surface area contributed by atoms with Gasteiger partial charge in [0.05, 0.1) is 16.5 Å². The fourth-order valence-electron chi connectivity index (χ4n) is 10.6. The molecular weight excluding hydrogens is 779 g/mol. The molecule has 0 aliphatic heterocycles. The second-order valence-corrected chi connectivity index (χ2v) is 16.7. The van der Waals surface area contributed by atoms with E-state index in [-0.39, 0.29) is 0 Å². The summed E-state index contributed by atoms with van der Waals surface area (Å²) in [6.07, 6.45) is 0. The van der Waals surface area contributed by atoms with E-state index in [0.717, 1.165) is 83.2 Å². The first-order chi connectivity index (χ1) is 31.8. The monoisotopic (exact) mass is 817 g/mol. The fourth-order valence-corrected chi connectivity index (χ4v) is 10.6. The van der Waals surface area contributed by atoms with Gasteiger partial charge in [-0.2, -0.15) is 0 Å². The minimum absolute atomic E-state index is 0.638. The molecule has 64 heavy (non-hydrogen) atoms. The van der Waals surface area contributed by atoms with Crippen LogP contribution in [0.2, 0.25) is 0 Å². The number of benzene rings is 10. The minimum atomic E-state index is -0.638. The van der Waals surface area contributed by atoms with Crippen LogP contribution in [0.15, 0.2) is 245 Å². The van der Waals surface area contributed by atoms with Crippen LogP contribution in [-0.2, 0) is 5.41 Å². The van der Waals surface area contributed by atoms with Gasteiger partial charge in [0.2, 0.25) is 0 Å². The number of furan rings is 2. The van der Waals surface area contributed by atoms with Gasteiger partial charge in [-0.25, -0.2) is 0 Å². The van der Waals surface area contributed by atoms with Crippen molar-refractivity contribution in [3.8, 4) is 33.4 Å². The van der Waals surface area contributed by atoms with E-state index < -0.39 is 5.41 Å². The summed E-state index contributed by atoms with van der Waals surface area (Å²) in [5.41, 5.74) is 17.8. The van der Waals surface area contributed by atoms with E-state index in [0.29, 0.717) is 0 Å². The molecule has 0 unspecified atom stereocenters. The summed E-state index contributed by atoms with van der Waals surface area (Å²) in [6, 6.07) is 85.0. The lowest BCUT2D eigenvalue weighted by Gasteiger charge is -2.34. The van der Waals surface area contributed by atoms with Crippen molar-refractivity contribution in [2.24, 2.45) is 0 Å². The maximum Gasteiger partial charge on any atom is 0.143 e. The van der Waals surface area contributed by atoms with Crippen molar-refractivity contribution in [1.82, 2.24) is 0 Å². The van der Waals surface area contributed by atoms with Gasteiger partial charge in [-0.1, -0.05) is 194 Å². The molecule has 0 bridgehead atoms. The Morgan fingerprint density at radius 1 is 0.312 bits per heavy atom. The molecule has 1 aliphatic carbocycles. The van der Waals surface area contributed by atoms with E-state index in [4.69, 9.17) is 8.83 Å². The Labute approximate surface area is 370 Å². The van der Waals surface area contributed by atoms with Crippen LogP contribution in [-0.4, -0.2) is 0 Å². The number of hydrogen-bond donors (Lipinski definition) is 0. The number of fused-ring (bicyclic) bond motifs is 9. The summed E-state index contributed by atoms with van der Waals surface area (Å²) in [4.78, 5) is 2.39. The molecule has 0 amide bonds. The van der Waals surface area contributed by atoms with Crippen LogP contribution in [0.4, 0.5) is 17.1 Å². The van der Waals surface area contributed by atoms with E-state index in [1.165, 1.54) is 33.4 Å². The summed E-state index contributed by atoms with van der Waals surface area (Å²) in [5.74, 6) is 0. The number of para-hydroxylation sites is 3. The lowest BCUT2D eigenvalue weighted by molar-refractivity contribution is 0.648. The molecule has 0 atom stereocenters. The topological polar surface area (TPSA) is 29.5 Å². The van der Waals surface area contributed by atoms with Crippen LogP contribution < -0.4 is 4.90 Å². The van der Waals surface area contributed by atoms with E-state index in [1.54, 1.807) is 0 Å². The molecule has 3 heteroatoms. The second kappa shape index (κ2) is 14.3. The molecule has 0 N–H and O–H groups in total. The third kappa shape index (κ3) is 5.34. The molecule has 0 saturated heterocycles. The minimum Gasteiger partial charge on any atom is -0.456 e. The first kappa shape index (κ1) is 36.3. The normalized spacial score (nSPS) is 12.8. The van der Waals surface area contributed by atoms with Gasteiger partial charge in [0, 0.05) is 38.7 Å². The van der Waals surface area contributed by atoms with Gasteiger partial charge in [-0.3, -0.25) is 0 Å². The van der Waals surface area contributed by atoms with Crippen LogP contribution in [0, 0.1) is 0 Å². The molecule has 3 nitrogen and oxygen atoms in total. The molecule has 2 heterocycles. The van der Waals surface area contributed by atoms with Crippen molar-refractivity contribution in [2.75, 3.05) is 4.90 Å². The van der Waals surface area contributed by atoms with Crippen molar-refractivity contribution < 1.29 is 8.83 Å². The Balaban J connectivity index is 1.06. The molecule has 0 saturated carbocycles. The van der Waals surface area contributed by atoms with Gasteiger partial charge in [0.25, 0.3) is 0 Å². The maximum atomic E-state index is 7.22. The van der Waals surface area contributed by atoms with E-state index in [9.17, 15) is 0 Å². The molecule has 0 spiro atoms. The standard InChI is InChI=1S/C61H39NO2/c1-3-16-40(17-4-1)41-30-34-44(35-31-41)62(45-36-32-42(33-37-45)46-24-15-25-50-49-22-9-13-28-56(49)63-59(46)50)55-39-38-54(60-58(55)51-23-10-14-29-57(51)64-60)61(43-18-5-2-6-19-43)52-26-11-7-20-47(52)48-21-8-12-27-53(48)61/h1-39H. The van der Waals surface area contributed by atoms with Gasteiger partial charge >= 0.3 is 0 Å². The predicted octanol–water partition coefficient (Wildman–Crippen LogP) is 16.7. The first-order valence-corrected chi connectivity index (χ1v) is 21.9. The van der Waals surface area contributed by atoms with Crippen molar-refractivity contribution in [3.05, 3.63) is 259 Å². The zero-order valence-corrected chi connectivity index (χ0v) is 34.8. The molecule has 0 radical (unpaired) electrons. The van der Waals surface area contributed by atoms with Crippen molar-refractivity contribution in [1.29, 1.82) is 0 Å². The van der Waals surface area contributed by atoms with E-state index in [1.807, 2.05) is 12.1 Å². The molecule has 13 rings (SSSR count). The fraction of sp³-hybridized carbons (Fsp3) is 0.0164. The average Bonchev–Trinajstić information content (AvgIpc) is 4.05. The van der Waals surface area contributed by atoms with E-state index in [2.05, 4.69) is 229 Å². The van der Waals surface area contributed by atoms with Crippen LogP contribution in [0.3, 0.4) is 0 Å². The number of hydrogen-bond acceptors (Lipinski definition) is 3. The van der Waals surface area contributed by atoms with Gasteiger partial charge in [0.15, 0.2) is 0 Å². The molecule has 2 aromatic heterocycles. The van der Waals surface area contributed by atoms with Crippen molar-refractivity contribution >= 4 is 60.9 Å². The Kier molecular flexibility index (Phi) is 8.13. The number of rotatable bonds is 7. The molecule has 10 aromatic carbocycles. The van der Waals surface area contributed by atoms with E-state index >= 15 is 0 Å². The second-order valence-electron chi connectivity index (χ2n) is 16.7. The third-order valence-corrected chi connectivity index (χ3v) is 13.4. The zero-order chi connectivity index (χ0) is 42.2. The Hall–Kier alpha value is -8.40. The zero-order valence-electron chi connectivity index (χ0n) is 34.8.